The molecule has 0 heterocycles. The van der Waals surface area contributed by atoms with Gasteiger partial charge < -0.3 is 11.5 Å². The van der Waals surface area contributed by atoms with E-state index in [9.17, 15) is 4.39 Å². The largest absolute Gasteiger partial charge is 0.396 e. The zero-order valence-corrected chi connectivity index (χ0v) is 10.1. The average Bonchev–Trinajstić information content (AvgIpc) is 2.37. The first-order valence-electron chi connectivity index (χ1n) is 5.22. The molecule has 0 atom stereocenters. The molecule has 92 valence electrons. The molecule has 1 aromatic rings. The lowest BCUT2D eigenvalue weighted by molar-refractivity contribution is 0.628. The van der Waals surface area contributed by atoms with Crippen molar-refractivity contribution in [1.82, 2.24) is 0 Å². The molecule has 0 saturated carbocycles. The molecule has 0 aliphatic heterocycles. The van der Waals surface area contributed by atoms with Crippen LogP contribution in [0.1, 0.15) is 11.1 Å². The summed E-state index contributed by atoms with van der Waals surface area (Å²) in [6.07, 6.45) is 4.09. The summed E-state index contributed by atoms with van der Waals surface area (Å²) in [5.41, 5.74) is 12.2. The van der Waals surface area contributed by atoms with Crippen LogP contribution in [-0.2, 0) is 0 Å². The minimum absolute atomic E-state index is 0.0778. The van der Waals surface area contributed by atoms with Gasteiger partial charge in [-0.1, -0.05) is 30.6 Å². The summed E-state index contributed by atoms with van der Waals surface area (Å²) >= 11 is 0. The Morgan fingerprint density at radius 2 is 2.22 bits per heavy atom. The first-order valence-corrected chi connectivity index (χ1v) is 5.22. The standard InChI is InChI=1S/C14H14FN3/c1-3-11(8-18-9-16)5-6-12-10(2)4-7-13(17)14(12)15/h3-4,7-9H,1,17H2,2H3,(H2,16,18)/b11-8+. The Balaban J connectivity index is 3.20. The molecule has 18 heavy (non-hydrogen) atoms. The maximum Gasteiger partial charge on any atom is 0.161 e. The Bertz CT molecular complexity index is 575. The van der Waals surface area contributed by atoms with Crippen LogP contribution in [0.15, 0.2) is 41.6 Å². The fraction of sp³-hybridized carbons (Fsp3) is 0.0714. The summed E-state index contributed by atoms with van der Waals surface area (Å²) < 4.78 is 13.7. The Morgan fingerprint density at radius 3 is 2.83 bits per heavy atom. The monoisotopic (exact) mass is 243 g/mol. The van der Waals surface area contributed by atoms with Gasteiger partial charge in [-0.15, -0.1) is 0 Å². The van der Waals surface area contributed by atoms with E-state index in [0.717, 1.165) is 11.9 Å². The van der Waals surface area contributed by atoms with Crippen molar-refractivity contribution in [2.75, 3.05) is 5.73 Å². The van der Waals surface area contributed by atoms with Gasteiger partial charge in [-0.2, -0.15) is 0 Å². The van der Waals surface area contributed by atoms with Crippen LogP contribution in [0.25, 0.3) is 0 Å². The highest BCUT2D eigenvalue weighted by Gasteiger charge is 2.06. The van der Waals surface area contributed by atoms with Crippen molar-refractivity contribution in [3.05, 3.63) is 53.5 Å². The molecule has 0 radical (unpaired) electrons. The van der Waals surface area contributed by atoms with Gasteiger partial charge in [0, 0.05) is 11.8 Å². The number of allylic oxidation sites excluding steroid dienone is 2. The van der Waals surface area contributed by atoms with Crippen molar-refractivity contribution < 1.29 is 4.39 Å². The van der Waals surface area contributed by atoms with Crippen LogP contribution in [-0.4, -0.2) is 6.34 Å². The van der Waals surface area contributed by atoms with Gasteiger partial charge in [0.15, 0.2) is 5.82 Å². The summed E-state index contributed by atoms with van der Waals surface area (Å²) in [5, 5.41) is 0. The average molecular weight is 243 g/mol. The van der Waals surface area contributed by atoms with Crippen LogP contribution in [0.2, 0.25) is 0 Å². The quantitative estimate of drug-likeness (QED) is 0.275. The summed E-state index contributed by atoms with van der Waals surface area (Å²) in [7, 11) is 0. The van der Waals surface area contributed by atoms with E-state index in [0.29, 0.717) is 5.57 Å². The highest BCUT2D eigenvalue weighted by Crippen LogP contribution is 2.18. The van der Waals surface area contributed by atoms with E-state index < -0.39 is 5.82 Å². The third kappa shape index (κ3) is 3.22. The zero-order chi connectivity index (χ0) is 13.5. The van der Waals surface area contributed by atoms with E-state index >= 15 is 0 Å². The van der Waals surface area contributed by atoms with E-state index in [1.165, 1.54) is 18.3 Å². The molecule has 1 aromatic carbocycles. The summed E-state index contributed by atoms with van der Waals surface area (Å²) in [4.78, 5) is 3.72. The molecule has 0 aromatic heterocycles. The van der Waals surface area contributed by atoms with Gasteiger partial charge in [0.1, 0.15) is 0 Å². The lowest BCUT2D eigenvalue weighted by Gasteiger charge is -2.02. The van der Waals surface area contributed by atoms with Gasteiger partial charge >= 0.3 is 0 Å². The van der Waals surface area contributed by atoms with Crippen molar-refractivity contribution in [2.45, 2.75) is 6.92 Å². The number of hydrogen-bond acceptors (Lipinski definition) is 2. The van der Waals surface area contributed by atoms with Crippen molar-refractivity contribution in [1.29, 1.82) is 0 Å². The minimum Gasteiger partial charge on any atom is -0.396 e. The van der Waals surface area contributed by atoms with Crippen LogP contribution in [0.4, 0.5) is 10.1 Å². The Labute approximate surface area is 106 Å². The predicted molar refractivity (Wildman–Crippen MR) is 73.4 cm³/mol. The molecular weight excluding hydrogens is 229 g/mol. The SMILES string of the molecule is C=C/C(C#Cc1c(C)ccc(N)c1F)=C\N=CN. The second kappa shape index (κ2) is 6.26. The van der Waals surface area contributed by atoms with Crippen LogP contribution in [0, 0.1) is 24.6 Å². The number of aliphatic imine (C=N–C) groups is 1. The lowest BCUT2D eigenvalue weighted by atomic mass is 10.1. The topological polar surface area (TPSA) is 64.4 Å². The number of aryl methyl sites for hydroxylation is 1. The molecule has 0 fully saturated rings. The van der Waals surface area contributed by atoms with Crippen LogP contribution in [0.3, 0.4) is 0 Å². The van der Waals surface area contributed by atoms with E-state index in [1.54, 1.807) is 13.0 Å². The number of anilines is 1. The van der Waals surface area contributed by atoms with Gasteiger partial charge in [0.05, 0.1) is 17.6 Å². The number of rotatable bonds is 2. The van der Waals surface area contributed by atoms with Gasteiger partial charge in [0.2, 0.25) is 0 Å². The van der Waals surface area contributed by atoms with E-state index in [-0.39, 0.29) is 11.3 Å². The normalized spacial score (nSPS) is 11.1. The number of hydrogen-bond donors (Lipinski definition) is 2. The Morgan fingerprint density at radius 1 is 1.50 bits per heavy atom. The molecule has 1 rings (SSSR count). The number of nitrogens with two attached hydrogens (primary N) is 2. The molecule has 0 aliphatic rings. The molecule has 0 amide bonds. The van der Waals surface area contributed by atoms with E-state index in [4.69, 9.17) is 11.5 Å². The maximum absolute atomic E-state index is 13.7. The second-order valence-corrected chi connectivity index (χ2v) is 3.50. The number of nitrogen functional groups attached to an aromatic ring is 1. The summed E-state index contributed by atoms with van der Waals surface area (Å²) in [5.74, 6) is 4.97. The lowest BCUT2D eigenvalue weighted by Crippen LogP contribution is -1.96. The minimum atomic E-state index is -0.506. The van der Waals surface area contributed by atoms with Gasteiger partial charge in [-0.25, -0.2) is 9.38 Å². The third-order valence-electron chi connectivity index (χ3n) is 2.23. The first-order chi connectivity index (χ1) is 8.60. The molecule has 4 heteroatoms. The first kappa shape index (κ1) is 13.5. The fourth-order valence-electron chi connectivity index (χ4n) is 1.24. The molecular formula is C14H14FN3. The molecule has 0 bridgehead atoms. The third-order valence-corrected chi connectivity index (χ3v) is 2.23. The van der Waals surface area contributed by atoms with E-state index in [1.807, 2.05) is 0 Å². The molecule has 4 N–H and O–H groups in total. The zero-order valence-electron chi connectivity index (χ0n) is 10.1. The Hall–Kier alpha value is -2.54. The fourth-order valence-corrected chi connectivity index (χ4v) is 1.24. The molecule has 0 spiro atoms. The number of nitrogens with zero attached hydrogens (tertiary/aromatic N) is 1. The highest BCUT2D eigenvalue weighted by atomic mass is 19.1. The highest BCUT2D eigenvalue weighted by molar-refractivity contribution is 5.56. The second-order valence-electron chi connectivity index (χ2n) is 3.50. The summed E-state index contributed by atoms with van der Waals surface area (Å²) in [6.45, 7) is 5.35. The predicted octanol–water partition coefficient (Wildman–Crippen LogP) is 2.12. The molecule has 3 nitrogen and oxygen atoms in total. The van der Waals surface area contributed by atoms with Crippen LogP contribution in [0.5, 0.6) is 0 Å². The van der Waals surface area contributed by atoms with Crippen molar-refractivity contribution in [3.63, 3.8) is 0 Å². The summed E-state index contributed by atoms with van der Waals surface area (Å²) in [6, 6.07) is 3.23. The van der Waals surface area contributed by atoms with Gasteiger partial charge in [-0.3, -0.25) is 0 Å². The van der Waals surface area contributed by atoms with Crippen molar-refractivity contribution in [2.24, 2.45) is 10.7 Å². The van der Waals surface area contributed by atoms with Crippen molar-refractivity contribution >= 4 is 12.0 Å². The van der Waals surface area contributed by atoms with Crippen LogP contribution < -0.4 is 11.5 Å². The number of benzene rings is 1. The number of halogens is 1. The smallest absolute Gasteiger partial charge is 0.161 e. The molecule has 0 aliphatic carbocycles. The Kier molecular flexibility index (Phi) is 4.70. The maximum atomic E-state index is 13.7. The van der Waals surface area contributed by atoms with Crippen LogP contribution >= 0.6 is 0 Å². The van der Waals surface area contributed by atoms with Gasteiger partial charge in [-0.05, 0) is 18.6 Å². The van der Waals surface area contributed by atoms with Crippen molar-refractivity contribution in [3.8, 4) is 11.8 Å². The molecule has 0 unspecified atom stereocenters. The molecule has 0 saturated heterocycles. The van der Waals surface area contributed by atoms with E-state index in [2.05, 4.69) is 23.4 Å². The van der Waals surface area contributed by atoms with Gasteiger partial charge in [0.25, 0.3) is 0 Å².